The molecule has 0 amide bonds. The average Bonchev–Trinajstić information content (AvgIpc) is 3.59. The summed E-state index contributed by atoms with van der Waals surface area (Å²) in [4.78, 5) is 0. The molecular formula is C38H26OS. The topological polar surface area (TPSA) is 13.1 Å². The second kappa shape index (κ2) is 8.55. The van der Waals surface area contributed by atoms with Gasteiger partial charge in [0.15, 0.2) is 0 Å². The van der Waals surface area contributed by atoms with Gasteiger partial charge in [0.05, 0.1) is 0 Å². The van der Waals surface area contributed by atoms with Crippen LogP contribution in [0.1, 0.15) is 41.0 Å². The van der Waals surface area contributed by atoms with Crippen molar-refractivity contribution < 1.29 is 4.42 Å². The van der Waals surface area contributed by atoms with Crippen molar-refractivity contribution in [3.8, 4) is 11.1 Å². The first kappa shape index (κ1) is 22.4. The number of fused-ring (bicyclic) bond motifs is 9. The van der Waals surface area contributed by atoms with Gasteiger partial charge in [-0.25, -0.2) is 0 Å². The van der Waals surface area contributed by atoms with E-state index in [1.165, 1.54) is 69.7 Å². The number of benzene rings is 5. The molecule has 0 saturated carbocycles. The smallest absolute Gasteiger partial charge is 0.135 e. The molecule has 1 atom stereocenters. The van der Waals surface area contributed by atoms with E-state index in [9.17, 15) is 0 Å². The summed E-state index contributed by atoms with van der Waals surface area (Å²) in [6, 6.07) is 40.4. The highest BCUT2D eigenvalue weighted by Crippen LogP contribution is 2.43. The molecular weight excluding hydrogens is 504 g/mol. The lowest BCUT2D eigenvalue weighted by Gasteiger charge is -2.28. The van der Waals surface area contributed by atoms with Gasteiger partial charge in [-0.05, 0) is 82.5 Å². The van der Waals surface area contributed by atoms with Crippen molar-refractivity contribution in [2.24, 2.45) is 0 Å². The maximum atomic E-state index is 6.51. The van der Waals surface area contributed by atoms with Crippen LogP contribution in [0, 0.1) is 0 Å². The zero-order valence-corrected chi connectivity index (χ0v) is 22.8. The normalized spacial score (nSPS) is 16.1. The molecule has 2 aromatic heterocycles. The SMILES string of the molecule is C1=c2oc3ccc([C@@H]4Cc5ccccc5-c5ccccc54)cc3c2=C(c2cccc3c2sc2ccccc23)CC1. The van der Waals surface area contributed by atoms with Gasteiger partial charge in [-0.15, -0.1) is 11.3 Å². The average molecular weight is 531 g/mol. The van der Waals surface area contributed by atoms with Crippen LogP contribution in [0.2, 0.25) is 0 Å². The predicted molar refractivity (Wildman–Crippen MR) is 168 cm³/mol. The summed E-state index contributed by atoms with van der Waals surface area (Å²) in [7, 11) is 0. The molecule has 5 aromatic carbocycles. The van der Waals surface area contributed by atoms with Gasteiger partial charge in [0.25, 0.3) is 0 Å². The first-order chi connectivity index (χ1) is 19.8. The molecule has 0 N–H and O–H groups in total. The van der Waals surface area contributed by atoms with Crippen LogP contribution in [0.3, 0.4) is 0 Å². The predicted octanol–water partition coefficient (Wildman–Crippen LogP) is 8.93. The molecule has 2 heterocycles. The van der Waals surface area contributed by atoms with E-state index in [-0.39, 0.29) is 0 Å². The summed E-state index contributed by atoms with van der Waals surface area (Å²) in [5, 5.41) is 5.24. The Hall–Kier alpha value is -4.40. The van der Waals surface area contributed by atoms with Crippen molar-refractivity contribution in [2.45, 2.75) is 25.2 Å². The van der Waals surface area contributed by atoms with E-state index in [2.05, 4.69) is 115 Å². The molecule has 7 aromatic rings. The first-order valence-corrected chi connectivity index (χ1v) is 15.0. The van der Waals surface area contributed by atoms with Crippen molar-refractivity contribution in [3.05, 3.63) is 142 Å². The molecule has 2 aliphatic carbocycles. The molecule has 0 radical (unpaired) electrons. The van der Waals surface area contributed by atoms with Gasteiger partial charge in [-0.3, -0.25) is 0 Å². The van der Waals surface area contributed by atoms with Crippen LogP contribution in [-0.2, 0) is 6.42 Å². The number of rotatable bonds is 2. The Morgan fingerprint density at radius 2 is 1.48 bits per heavy atom. The number of thiophene rings is 1. The van der Waals surface area contributed by atoms with Crippen LogP contribution in [0.15, 0.2) is 114 Å². The van der Waals surface area contributed by atoms with Gasteiger partial charge < -0.3 is 4.42 Å². The minimum Gasteiger partial charge on any atom is -0.456 e. The van der Waals surface area contributed by atoms with Crippen molar-refractivity contribution in [3.63, 3.8) is 0 Å². The molecule has 0 bridgehead atoms. The van der Waals surface area contributed by atoms with E-state index in [1.807, 2.05) is 11.3 Å². The summed E-state index contributed by atoms with van der Waals surface area (Å²) in [5.41, 5.74) is 11.7. The van der Waals surface area contributed by atoms with Crippen LogP contribution >= 0.6 is 11.3 Å². The molecule has 0 aliphatic heterocycles. The third kappa shape index (κ3) is 3.20. The first-order valence-electron chi connectivity index (χ1n) is 14.2. The summed E-state index contributed by atoms with van der Waals surface area (Å²) in [6.45, 7) is 0. The Kier molecular flexibility index (Phi) is 4.79. The van der Waals surface area contributed by atoms with Crippen molar-refractivity contribution in [1.82, 2.24) is 0 Å². The van der Waals surface area contributed by atoms with Gasteiger partial charge in [0.1, 0.15) is 11.0 Å². The number of hydrogen-bond donors (Lipinski definition) is 0. The fraction of sp³-hybridized carbons (Fsp3) is 0.105. The minimum atomic E-state index is 0.322. The maximum Gasteiger partial charge on any atom is 0.135 e. The van der Waals surface area contributed by atoms with Crippen LogP contribution in [-0.4, -0.2) is 0 Å². The Balaban J connectivity index is 1.29. The van der Waals surface area contributed by atoms with Crippen molar-refractivity contribution >= 4 is 54.1 Å². The second-order valence-electron chi connectivity index (χ2n) is 11.1. The third-order valence-corrected chi connectivity index (χ3v) is 10.2. The molecule has 9 rings (SSSR count). The Morgan fingerprint density at radius 3 is 2.45 bits per heavy atom. The molecule has 0 saturated heterocycles. The van der Waals surface area contributed by atoms with Crippen LogP contribution in [0.4, 0.5) is 0 Å². The van der Waals surface area contributed by atoms with E-state index in [4.69, 9.17) is 4.42 Å². The molecule has 1 nitrogen and oxygen atoms in total. The zero-order valence-electron chi connectivity index (χ0n) is 22.0. The Morgan fingerprint density at radius 1 is 0.675 bits per heavy atom. The van der Waals surface area contributed by atoms with Crippen molar-refractivity contribution in [1.29, 1.82) is 0 Å². The summed E-state index contributed by atoms with van der Waals surface area (Å²) >= 11 is 1.91. The van der Waals surface area contributed by atoms with Gasteiger partial charge in [0, 0.05) is 36.7 Å². The Bertz CT molecular complexity index is 2260. The number of hydrogen-bond acceptors (Lipinski definition) is 2. The highest BCUT2D eigenvalue weighted by molar-refractivity contribution is 7.26. The zero-order chi connectivity index (χ0) is 26.2. The van der Waals surface area contributed by atoms with E-state index in [1.54, 1.807) is 0 Å². The number of furan rings is 1. The lowest BCUT2D eigenvalue weighted by molar-refractivity contribution is 0.571. The monoisotopic (exact) mass is 530 g/mol. The largest absolute Gasteiger partial charge is 0.456 e. The molecule has 2 heteroatoms. The standard InChI is InChI=1S/C38H26OS/c1-2-10-25-23(9-1)21-32(27-12-4-3-11-26(25)27)24-19-20-34-33(22-24)37-29(14-8-17-35(37)39-34)31-16-7-15-30-28-13-5-6-18-36(28)40-38(30)31/h1-7,9-13,15-20,22,32H,8,14,21H2/t32-/m0/s1. The maximum absolute atomic E-state index is 6.51. The summed E-state index contributed by atoms with van der Waals surface area (Å²) in [5.74, 6) is 0.322. The summed E-state index contributed by atoms with van der Waals surface area (Å²) in [6.07, 6.45) is 5.33. The molecule has 0 fully saturated rings. The van der Waals surface area contributed by atoms with E-state index < -0.39 is 0 Å². The van der Waals surface area contributed by atoms with Crippen molar-refractivity contribution in [2.75, 3.05) is 0 Å². The van der Waals surface area contributed by atoms with Gasteiger partial charge in [-0.1, -0.05) is 91.0 Å². The highest BCUT2D eigenvalue weighted by atomic mass is 32.1. The Labute approximate surface area is 236 Å². The minimum absolute atomic E-state index is 0.322. The van der Waals surface area contributed by atoms with Crippen LogP contribution in [0.25, 0.3) is 53.9 Å². The second-order valence-corrected chi connectivity index (χ2v) is 12.2. The fourth-order valence-electron chi connectivity index (χ4n) is 7.17. The lowest BCUT2D eigenvalue weighted by atomic mass is 9.75. The molecule has 0 unspecified atom stereocenters. The van der Waals surface area contributed by atoms with E-state index >= 15 is 0 Å². The quantitative estimate of drug-likeness (QED) is 0.217. The van der Waals surface area contributed by atoms with E-state index in [0.717, 1.165) is 30.3 Å². The van der Waals surface area contributed by atoms with Gasteiger partial charge >= 0.3 is 0 Å². The third-order valence-electron chi connectivity index (χ3n) is 8.96. The molecule has 2 aliphatic rings. The fourth-order valence-corrected chi connectivity index (χ4v) is 8.41. The van der Waals surface area contributed by atoms with E-state index in [0.29, 0.717) is 5.92 Å². The molecule has 40 heavy (non-hydrogen) atoms. The summed E-state index contributed by atoms with van der Waals surface area (Å²) < 4.78 is 9.24. The lowest BCUT2D eigenvalue weighted by Crippen LogP contribution is -2.26. The van der Waals surface area contributed by atoms with Gasteiger partial charge in [0.2, 0.25) is 0 Å². The highest BCUT2D eigenvalue weighted by Gasteiger charge is 2.26. The van der Waals surface area contributed by atoms with Gasteiger partial charge in [-0.2, -0.15) is 0 Å². The van der Waals surface area contributed by atoms with Crippen LogP contribution < -0.4 is 10.6 Å². The van der Waals surface area contributed by atoms with Crippen LogP contribution in [0.5, 0.6) is 0 Å². The molecule has 190 valence electrons. The molecule has 0 spiro atoms.